The lowest BCUT2D eigenvalue weighted by Crippen LogP contribution is -2.18. The standard InChI is InChI=1S/C34H28F2N4O4/c1-43-33(42)24-9-10-29-30(15-24)40(19-34(20-41)11-12-34)31(38-29)16-22-7-8-23(14-27(22)36)28-3-2-4-32(39-28)44-18-25-6-5-21(17-37)13-26(25)35/h2-10,13-15,41H,11-12,16,18-20H2,1H3. The first-order valence-corrected chi connectivity index (χ1v) is 14.1. The van der Waals surface area contributed by atoms with E-state index in [0.29, 0.717) is 40.3 Å². The summed E-state index contributed by atoms with van der Waals surface area (Å²) >= 11 is 0. The van der Waals surface area contributed by atoms with Crippen molar-refractivity contribution in [3.63, 3.8) is 0 Å². The first-order valence-electron chi connectivity index (χ1n) is 14.1. The van der Waals surface area contributed by atoms with Crippen LogP contribution in [0.25, 0.3) is 22.3 Å². The SMILES string of the molecule is COC(=O)c1ccc2nc(Cc3ccc(-c4cccc(OCc5ccc(C#N)cc5F)n4)cc3F)n(CC3(CO)CC3)c2c1. The Balaban J connectivity index is 1.24. The third kappa shape index (κ3) is 5.87. The molecule has 3 aromatic carbocycles. The van der Waals surface area contributed by atoms with Crippen LogP contribution in [-0.2, 0) is 24.3 Å². The Morgan fingerprint density at radius 3 is 2.52 bits per heavy atom. The second-order valence-corrected chi connectivity index (χ2v) is 11.0. The number of esters is 1. The fourth-order valence-corrected chi connectivity index (χ4v) is 5.17. The second kappa shape index (κ2) is 11.9. The third-order valence-electron chi connectivity index (χ3n) is 8.01. The zero-order valence-electron chi connectivity index (χ0n) is 23.9. The van der Waals surface area contributed by atoms with Crippen LogP contribution in [0.15, 0.2) is 72.8 Å². The summed E-state index contributed by atoms with van der Waals surface area (Å²) in [7, 11) is 1.32. The molecule has 0 saturated heterocycles. The third-order valence-corrected chi connectivity index (χ3v) is 8.01. The predicted molar refractivity (Wildman–Crippen MR) is 158 cm³/mol. The van der Waals surface area contributed by atoms with Crippen LogP contribution < -0.4 is 4.74 Å². The molecule has 2 aromatic heterocycles. The van der Waals surface area contributed by atoms with Gasteiger partial charge in [-0.25, -0.2) is 23.5 Å². The van der Waals surface area contributed by atoms with Gasteiger partial charge in [-0.1, -0.05) is 24.3 Å². The summed E-state index contributed by atoms with van der Waals surface area (Å²) < 4.78 is 42.3. The lowest BCUT2D eigenvalue weighted by Gasteiger charge is -2.16. The van der Waals surface area contributed by atoms with Crippen LogP contribution in [0, 0.1) is 28.4 Å². The Labute approximate surface area is 252 Å². The van der Waals surface area contributed by atoms with E-state index in [9.17, 15) is 14.3 Å². The van der Waals surface area contributed by atoms with Crippen LogP contribution in [0.5, 0.6) is 5.88 Å². The number of hydrogen-bond donors (Lipinski definition) is 1. The first kappa shape index (κ1) is 29.0. The Morgan fingerprint density at radius 1 is 1.02 bits per heavy atom. The van der Waals surface area contributed by atoms with E-state index in [4.69, 9.17) is 19.7 Å². The molecule has 0 spiro atoms. The van der Waals surface area contributed by atoms with Gasteiger partial charge in [0, 0.05) is 35.6 Å². The zero-order valence-corrected chi connectivity index (χ0v) is 23.9. The number of fused-ring (bicyclic) bond motifs is 1. The van der Waals surface area contributed by atoms with Gasteiger partial charge in [0.25, 0.3) is 0 Å². The molecular weight excluding hydrogens is 566 g/mol. The maximum absolute atomic E-state index is 15.6. The molecular formula is C34H28F2N4O4. The van der Waals surface area contributed by atoms with Crippen molar-refractivity contribution in [3.05, 3.63) is 113 Å². The fourth-order valence-electron chi connectivity index (χ4n) is 5.17. The van der Waals surface area contributed by atoms with Crippen molar-refractivity contribution >= 4 is 17.0 Å². The highest BCUT2D eigenvalue weighted by Crippen LogP contribution is 2.47. The molecule has 222 valence electrons. The van der Waals surface area contributed by atoms with Gasteiger partial charge in [-0.3, -0.25) is 0 Å². The quantitative estimate of drug-likeness (QED) is 0.198. The number of nitrogens with zero attached hydrogens (tertiary/aromatic N) is 4. The minimum absolute atomic E-state index is 0.0318. The van der Waals surface area contributed by atoms with Gasteiger partial charge in [0.15, 0.2) is 0 Å². The Hall–Kier alpha value is -5.14. The minimum Gasteiger partial charge on any atom is -0.473 e. The Morgan fingerprint density at radius 2 is 1.82 bits per heavy atom. The highest BCUT2D eigenvalue weighted by Gasteiger charge is 2.43. The van der Waals surface area contributed by atoms with Crippen molar-refractivity contribution in [3.8, 4) is 23.2 Å². The van der Waals surface area contributed by atoms with Gasteiger partial charge in [0.2, 0.25) is 5.88 Å². The van der Waals surface area contributed by atoms with Crippen molar-refractivity contribution in [1.29, 1.82) is 5.26 Å². The molecule has 0 aliphatic heterocycles. The van der Waals surface area contributed by atoms with Crippen molar-refractivity contribution < 1.29 is 28.2 Å². The lowest BCUT2D eigenvalue weighted by molar-refractivity contribution is 0.0601. The number of benzene rings is 3. The number of aromatic nitrogens is 3. The molecule has 0 atom stereocenters. The number of imidazole rings is 1. The fraction of sp³-hybridized carbons (Fsp3) is 0.235. The van der Waals surface area contributed by atoms with Gasteiger partial charge >= 0.3 is 5.97 Å². The minimum atomic E-state index is -0.543. The molecule has 8 nitrogen and oxygen atoms in total. The first-order chi connectivity index (χ1) is 21.3. The molecule has 0 unspecified atom stereocenters. The number of carbonyl (C=O) groups excluding carboxylic acids is 1. The summed E-state index contributed by atoms with van der Waals surface area (Å²) in [6.07, 6.45) is 1.95. The van der Waals surface area contributed by atoms with E-state index < -0.39 is 17.6 Å². The number of halogens is 2. The summed E-state index contributed by atoms with van der Waals surface area (Å²) in [5, 5.41) is 18.9. The lowest BCUT2D eigenvalue weighted by atomic mass is 10.0. The van der Waals surface area contributed by atoms with E-state index in [-0.39, 0.29) is 42.1 Å². The van der Waals surface area contributed by atoms with Crippen molar-refractivity contribution in [1.82, 2.24) is 14.5 Å². The van der Waals surface area contributed by atoms with Crippen LogP contribution in [-0.4, -0.2) is 39.3 Å². The van der Waals surface area contributed by atoms with E-state index in [2.05, 4.69) is 4.98 Å². The van der Waals surface area contributed by atoms with Crippen LogP contribution in [0.3, 0.4) is 0 Å². The van der Waals surface area contributed by atoms with Crippen molar-refractivity contribution in [2.45, 2.75) is 32.4 Å². The molecule has 1 aliphatic carbocycles. The molecule has 6 rings (SSSR count). The number of ether oxygens (including phenoxy) is 2. The average molecular weight is 595 g/mol. The van der Waals surface area contributed by atoms with Gasteiger partial charge in [0.1, 0.15) is 24.1 Å². The molecule has 1 fully saturated rings. The highest BCUT2D eigenvalue weighted by molar-refractivity contribution is 5.93. The average Bonchev–Trinajstić information content (AvgIpc) is 3.75. The Kier molecular flexibility index (Phi) is 7.80. The molecule has 1 saturated carbocycles. The van der Waals surface area contributed by atoms with E-state index >= 15 is 4.39 Å². The second-order valence-electron chi connectivity index (χ2n) is 11.0. The molecule has 0 amide bonds. The normalized spacial score (nSPS) is 13.4. The van der Waals surface area contributed by atoms with Gasteiger partial charge in [0.05, 0.1) is 47.6 Å². The number of hydrogen-bond acceptors (Lipinski definition) is 7. The maximum atomic E-state index is 15.6. The number of nitriles is 1. The number of methoxy groups -OCH3 is 1. The summed E-state index contributed by atoms with van der Waals surface area (Å²) in [6, 6.07) is 21.1. The number of rotatable bonds is 10. The smallest absolute Gasteiger partial charge is 0.337 e. The van der Waals surface area contributed by atoms with Crippen molar-refractivity contribution in [2.24, 2.45) is 5.41 Å². The molecule has 5 aromatic rings. The van der Waals surface area contributed by atoms with Crippen LogP contribution in [0.4, 0.5) is 8.78 Å². The molecule has 2 heterocycles. The molecule has 0 radical (unpaired) electrons. The largest absolute Gasteiger partial charge is 0.473 e. The number of carbonyl (C=O) groups is 1. The summed E-state index contributed by atoms with van der Waals surface area (Å²) in [6.45, 7) is 0.452. The van der Waals surface area contributed by atoms with Crippen molar-refractivity contribution in [2.75, 3.05) is 13.7 Å². The molecule has 1 aliphatic rings. The van der Waals surface area contributed by atoms with Gasteiger partial charge in [-0.2, -0.15) is 5.26 Å². The summed E-state index contributed by atoms with van der Waals surface area (Å²) in [5.41, 5.74) is 3.47. The molecule has 1 N–H and O–H groups in total. The maximum Gasteiger partial charge on any atom is 0.337 e. The van der Waals surface area contributed by atoms with Gasteiger partial charge in [-0.05, 0) is 60.9 Å². The van der Waals surface area contributed by atoms with E-state index in [1.807, 2.05) is 10.6 Å². The van der Waals surface area contributed by atoms with Crippen LogP contribution in [0.1, 0.15) is 45.7 Å². The highest BCUT2D eigenvalue weighted by atomic mass is 19.1. The monoisotopic (exact) mass is 594 g/mol. The Bertz CT molecular complexity index is 1930. The van der Waals surface area contributed by atoms with Crippen LogP contribution >= 0.6 is 0 Å². The number of pyridine rings is 1. The molecule has 0 bridgehead atoms. The number of aliphatic hydroxyl groups is 1. The van der Waals surface area contributed by atoms with Gasteiger partial charge < -0.3 is 19.1 Å². The topological polar surface area (TPSA) is 110 Å². The van der Waals surface area contributed by atoms with E-state index in [0.717, 1.165) is 24.4 Å². The molecule has 44 heavy (non-hydrogen) atoms. The molecule has 10 heteroatoms. The van der Waals surface area contributed by atoms with E-state index in [1.54, 1.807) is 48.5 Å². The van der Waals surface area contributed by atoms with Crippen LogP contribution in [0.2, 0.25) is 0 Å². The predicted octanol–water partition coefficient (Wildman–Crippen LogP) is 5.98. The summed E-state index contributed by atoms with van der Waals surface area (Å²) in [5.74, 6) is -0.576. The zero-order chi connectivity index (χ0) is 30.8. The number of aliphatic hydroxyl groups excluding tert-OH is 1. The van der Waals surface area contributed by atoms with Gasteiger partial charge in [-0.15, -0.1) is 0 Å². The summed E-state index contributed by atoms with van der Waals surface area (Å²) in [4.78, 5) is 21.4. The van der Waals surface area contributed by atoms with E-state index in [1.165, 1.54) is 25.3 Å².